The van der Waals surface area contributed by atoms with Crippen LogP contribution in [-0.4, -0.2) is 0 Å². The van der Waals surface area contributed by atoms with Crippen molar-refractivity contribution in [3.05, 3.63) is 90.0 Å². The first-order valence-electron chi connectivity index (χ1n) is 6.79. The zero-order valence-corrected chi connectivity index (χ0v) is 12.8. The predicted octanol–water partition coefficient (Wildman–Crippen LogP) is 4.97. The van der Waals surface area contributed by atoms with Crippen molar-refractivity contribution >= 4 is 10.9 Å². The molecular formula is C19H13F2S+. The molecule has 22 heavy (non-hydrogen) atoms. The van der Waals surface area contributed by atoms with Gasteiger partial charge in [0.05, 0.1) is 0 Å². The van der Waals surface area contributed by atoms with E-state index >= 15 is 0 Å². The van der Waals surface area contributed by atoms with Crippen LogP contribution in [0.5, 0.6) is 0 Å². The van der Waals surface area contributed by atoms with Crippen molar-refractivity contribution in [1.29, 1.82) is 0 Å². The third-order valence-corrected chi connectivity index (χ3v) is 5.38. The van der Waals surface area contributed by atoms with E-state index in [1.807, 2.05) is 31.2 Å². The number of aryl methyl sites for hydroxylation is 1. The molecule has 1 atom stereocenters. The Morgan fingerprint density at radius 3 is 1.86 bits per heavy atom. The summed E-state index contributed by atoms with van der Waals surface area (Å²) >= 11 is 0. The van der Waals surface area contributed by atoms with Crippen LogP contribution in [0.25, 0.3) is 0 Å². The first kappa shape index (κ1) is 14.6. The average molecular weight is 311 g/mol. The van der Waals surface area contributed by atoms with Crippen LogP contribution in [0.1, 0.15) is 5.56 Å². The molecule has 0 radical (unpaired) electrons. The average Bonchev–Trinajstić information content (AvgIpc) is 2.53. The topological polar surface area (TPSA) is 0 Å². The van der Waals surface area contributed by atoms with E-state index in [9.17, 15) is 8.78 Å². The Balaban J connectivity index is 2.10. The summed E-state index contributed by atoms with van der Waals surface area (Å²) in [5.74, 6) is -0.707. The van der Waals surface area contributed by atoms with Gasteiger partial charge in [0.2, 0.25) is 4.90 Å². The molecule has 108 valence electrons. The van der Waals surface area contributed by atoms with E-state index in [1.54, 1.807) is 18.2 Å². The van der Waals surface area contributed by atoms with Gasteiger partial charge in [-0.3, -0.25) is 0 Å². The highest BCUT2D eigenvalue weighted by atomic mass is 32.2. The molecule has 1 unspecified atom stereocenters. The third-order valence-electron chi connectivity index (χ3n) is 3.21. The Bertz CT molecular complexity index is 639. The molecule has 0 aliphatic rings. The molecule has 0 bridgehead atoms. The van der Waals surface area contributed by atoms with E-state index in [2.05, 4.69) is 12.1 Å². The van der Waals surface area contributed by atoms with Crippen LogP contribution >= 0.6 is 0 Å². The highest BCUT2D eigenvalue weighted by Gasteiger charge is 2.28. The van der Waals surface area contributed by atoms with E-state index < -0.39 is 16.7 Å². The van der Waals surface area contributed by atoms with Gasteiger partial charge in [0, 0.05) is 6.07 Å². The maximum absolute atomic E-state index is 13.2. The van der Waals surface area contributed by atoms with Crippen molar-refractivity contribution in [1.82, 2.24) is 0 Å². The highest BCUT2D eigenvalue weighted by molar-refractivity contribution is 7.97. The van der Waals surface area contributed by atoms with Crippen molar-refractivity contribution in [2.45, 2.75) is 21.6 Å². The minimum absolute atomic E-state index is 0.272. The monoisotopic (exact) mass is 311 g/mol. The van der Waals surface area contributed by atoms with E-state index in [0.717, 1.165) is 14.7 Å². The lowest BCUT2D eigenvalue weighted by molar-refractivity contribution is 0.626. The minimum Gasteiger partial charge on any atom is -0.207 e. The second-order valence-electron chi connectivity index (χ2n) is 4.87. The summed E-state index contributed by atoms with van der Waals surface area (Å²) in [6.07, 6.45) is 0. The third kappa shape index (κ3) is 3.13. The van der Waals surface area contributed by atoms with Crippen molar-refractivity contribution in [2.24, 2.45) is 0 Å². The Hall–Kier alpha value is -2.31. The maximum Gasteiger partial charge on any atom is 0.217 e. The van der Waals surface area contributed by atoms with Crippen molar-refractivity contribution < 1.29 is 8.78 Å². The molecule has 0 aliphatic heterocycles. The summed E-state index contributed by atoms with van der Waals surface area (Å²) in [5.41, 5.74) is 1.17. The minimum atomic E-state index is -0.460. The molecule has 0 aliphatic carbocycles. The molecular weight excluding hydrogens is 298 g/mol. The predicted molar refractivity (Wildman–Crippen MR) is 83.8 cm³/mol. The van der Waals surface area contributed by atoms with E-state index in [0.29, 0.717) is 0 Å². The summed E-state index contributed by atoms with van der Waals surface area (Å²) in [6, 6.07) is 23.0. The summed E-state index contributed by atoms with van der Waals surface area (Å²) < 4.78 is 26.3. The van der Waals surface area contributed by atoms with Crippen LogP contribution < -0.4 is 0 Å². The maximum atomic E-state index is 13.2. The van der Waals surface area contributed by atoms with Crippen LogP contribution in [0.15, 0.2) is 75.4 Å². The normalized spacial score (nSPS) is 10.5. The van der Waals surface area contributed by atoms with E-state index in [4.69, 9.17) is 0 Å². The fourth-order valence-corrected chi connectivity index (χ4v) is 4.06. The molecule has 0 heterocycles. The number of hydrogen-bond donors (Lipinski definition) is 0. The van der Waals surface area contributed by atoms with Crippen LogP contribution in [0.3, 0.4) is 0 Å². The zero-order valence-electron chi connectivity index (χ0n) is 11.9. The number of rotatable bonds is 3. The molecule has 0 aromatic heterocycles. The molecule has 0 saturated carbocycles. The molecule has 0 amide bonds. The highest BCUT2D eigenvalue weighted by Crippen LogP contribution is 2.30. The Kier molecular flexibility index (Phi) is 4.13. The fourth-order valence-electron chi connectivity index (χ4n) is 2.11. The Morgan fingerprint density at radius 2 is 1.32 bits per heavy atom. The van der Waals surface area contributed by atoms with Crippen molar-refractivity contribution in [3.63, 3.8) is 0 Å². The standard InChI is InChI=1S/C19H13F2S/c1-14-2-8-17(9-3-14)22(18-10-4-15(20)5-11-18)19-12-6-16(21)7-13-19/h2-6,8-12H,1H3/q+1. The van der Waals surface area contributed by atoms with Gasteiger partial charge in [-0.25, -0.2) is 4.39 Å². The molecule has 0 N–H and O–H groups in total. The van der Waals surface area contributed by atoms with Gasteiger partial charge in [0.25, 0.3) is 0 Å². The molecule has 3 rings (SSSR count). The largest absolute Gasteiger partial charge is 0.217 e. The summed E-state index contributed by atoms with van der Waals surface area (Å²) in [6.45, 7) is 2.03. The lowest BCUT2D eigenvalue weighted by Gasteiger charge is -2.06. The summed E-state index contributed by atoms with van der Waals surface area (Å²) in [7, 11) is -0.460. The first-order chi connectivity index (χ1) is 10.6. The fraction of sp³-hybridized carbons (Fsp3) is 0.0526. The van der Waals surface area contributed by atoms with E-state index in [1.165, 1.54) is 23.8 Å². The zero-order chi connectivity index (χ0) is 15.5. The van der Waals surface area contributed by atoms with Gasteiger partial charge >= 0.3 is 0 Å². The molecule has 0 spiro atoms. The van der Waals surface area contributed by atoms with Gasteiger partial charge in [-0.2, -0.15) is 4.39 Å². The second-order valence-corrected chi connectivity index (χ2v) is 6.86. The van der Waals surface area contributed by atoms with Crippen molar-refractivity contribution in [2.75, 3.05) is 0 Å². The number of hydrogen-bond acceptors (Lipinski definition) is 0. The van der Waals surface area contributed by atoms with Gasteiger partial charge in [-0.1, -0.05) is 17.7 Å². The quantitative estimate of drug-likeness (QED) is 0.599. The lowest BCUT2D eigenvalue weighted by Crippen LogP contribution is -2.04. The molecule has 0 nitrogen and oxygen atoms in total. The van der Waals surface area contributed by atoms with Gasteiger partial charge in [-0.05, 0) is 61.5 Å². The van der Waals surface area contributed by atoms with E-state index in [-0.39, 0.29) is 5.82 Å². The van der Waals surface area contributed by atoms with Gasteiger partial charge < -0.3 is 0 Å². The second kappa shape index (κ2) is 6.21. The van der Waals surface area contributed by atoms with Gasteiger partial charge in [0.15, 0.2) is 15.6 Å². The van der Waals surface area contributed by atoms with Crippen molar-refractivity contribution in [3.8, 4) is 0 Å². The van der Waals surface area contributed by atoms with Crippen LogP contribution in [0.4, 0.5) is 8.78 Å². The molecule has 3 heteroatoms. The number of halogens is 2. The molecule has 3 aromatic rings. The molecule has 0 saturated heterocycles. The summed E-state index contributed by atoms with van der Waals surface area (Å²) in [5, 5.41) is 0. The Morgan fingerprint density at radius 1 is 0.727 bits per heavy atom. The van der Waals surface area contributed by atoms with Gasteiger partial charge in [0.1, 0.15) is 16.7 Å². The molecule has 3 aromatic carbocycles. The van der Waals surface area contributed by atoms with Crippen LogP contribution in [0, 0.1) is 30.7 Å². The SMILES string of the molecule is Cc1ccc([S+](c2c#cc(F)cc2)c2ccc(F)cc2)cc1. The number of benzene rings is 2. The summed E-state index contributed by atoms with van der Waals surface area (Å²) in [4.78, 5) is 2.87. The molecule has 0 fully saturated rings. The van der Waals surface area contributed by atoms with Crippen LogP contribution in [0.2, 0.25) is 0 Å². The van der Waals surface area contributed by atoms with Gasteiger partial charge in [-0.15, -0.1) is 0 Å². The Labute approximate surface area is 131 Å². The lowest BCUT2D eigenvalue weighted by atomic mass is 10.2. The smallest absolute Gasteiger partial charge is 0.207 e. The van der Waals surface area contributed by atoms with Crippen LogP contribution in [-0.2, 0) is 10.9 Å². The first-order valence-corrected chi connectivity index (χ1v) is 8.02.